The lowest BCUT2D eigenvalue weighted by Crippen LogP contribution is -2.39. The first-order valence-corrected chi connectivity index (χ1v) is 5.61. The van der Waals surface area contributed by atoms with Gasteiger partial charge in [-0.3, -0.25) is 4.79 Å². The van der Waals surface area contributed by atoms with Gasteiger partial charge in [0.05, 0.1) is 0 Å². The molecule has 1 aliphatic carbocycles. The summed E-state index contributed by atoms with van der Waals surface area (Å²) < 4.78 is 0. The Morgan fingerprint density at radius 1 is 1.33 bits per heavy atom. The maximum absolute atomic E-state index is 11.7. The smallest absolute Gasteiger partial charge is 0.222 e. The van der Waals surface area contributed by atoms with Crippen molar-refractivity contribution < 1.29 is 4.79 Å². The Hall–Kier alpha value is -1.22. The van der Waals surface area contributed by atoms with E-state index in [0.717, 1.165) is 32.4 Å². The first kappa shape index (κ1) is 10.3. The van der Waals surface area contributed by atoms with Gasteiger partial charge in [-0.2, -0.15) is 0 Å². The van der Waals surface area contributed by atoms with Gasteiger partial charge in [-0.05, 0) is 37.1 Å². The number of amides is 1. The molecule has 0 aromatic carbocycles. The van der Waals surface area contributed by atoms with Crippen LogP contribution in [-0.4, -0.2) is 29.9 Å². The summed E-state index contributed by atoms with van der Waals surface area (Å²) in [5, 5.41) is 3.69. The second kappa shape index (κ2) is 4.53. The van der Waals surface area contributed by atoms with Crippen LogP contribution >= 0.6 is 0 Å². The molecule has 0 aromatic heterocycles. The van der Waals surface area contributed by atoms with Crippen molar-refractivity contribution in [1.29, 1.82) is 0 Å². The molecule has 0 bridgehead atoms. The van der Waals surface area contributed by atoms with Gasteiger partial charge in [0.15, 0.2) is 0 Å². The quantitative estimate of drug-likeness (QED) is 0.397. The van der Waals surface area contributed by atoms with Crippen molar-refractivity contribution in [3.63, 3.8) is 0 Å². The predicted octanol–water partition coefficient (Wildman–Crippen LogP) is 2.09. The molecule has 2 aliphatic rings. The van der Waals surface area contributed by atoms with E-state index >= 15 is 0 Å². The number of rotatable bonds is 3. The Morgan fingerprint density at radius 2 is 2.00 bits per heavy atom. The van der Waals surface area contributed by atoms with Crippen molar-refractivity contribution in [1.82, 2.24) is 4.90 Å². The summed E-state index contributed by atoms with van der Waals surface area (Å²) in [6.07, 6.45) is 4.81. The minimum atomic E-state index is 0.0972. The lowest BCUT2D eigenvalue weighted by molar-refractivity contribution is -0.132. The zero-order valence-corrected chi connectivity index (χ0v) is 8.80. The Morgan fingerprint density at radius 3 is 2.53 bits per heavy atom. The summed E-state index contributed by atoms with van der Waals surface area (Å²) in [6.45, 7) is 1.52. The van der Waals surface area contributed by atoms with E-state index in [9.17, 15) is 4.79 Å². The van der Waals surface area contributed by atoms with Crippen LogP contribution < -0.4 is 0 Å². The van der Waals surface area contributed by atoms with Crippen LogP contribution in [0.5, 0.6) is 0 Å². The van der Waals surface area contributed by atoms with E-state index in [-0.39, 0.29) is 11.9 Å². The van der Waals surface area contributed by atoms with Gasteiger partial charge >= 0.3 is 0 Å². The number of piperidine rings is 1. The van der Waals surface area contributed by atoms with Gasteiger partial charge in [0.25, 0.3) is 0 Å². The average molecular weight is 208 g/mol. The fourth-order valence-corrected chi connectivity index (χ4v) is 2.00. The number of hydrogen-bond donors (Lipinski definition) is 0. The first-order valence-electron chi connectivity index (χ1n) is 5.61. The molecule has 1 amide bonds. The van der Waals surface area contributed by atoms with Gasteiger partial charge in [0.1, 0.15) is 0 Å². The fourth-order valence-electron chi connectivity index (χ4n) is 2.00. The topological polar surface area (TPSA) is 69.1 Å². The lowest BCUT2D eigenvalue weighted by atomic mass is 10.1. The highest BCUT2D eigenvalue weighted by molar-refractivity contribution is 5.76. The number of likely N-dealkylation sites (tertiary alicyclic amines) is 1. The van der Waals surface area contributed by atoms with Crippen LogP contribution in [0.4, 0.5) is 0 Å². The lowest BCUT2D eigenvalue weighted by Gasteiger charge is -2.30. The molecule has 1 aliphatic heterocycles. The first-order chi connectivity index (χ1) is 7.29. The molecule has 0 radical (unpaired) electrons. The number of hydrogen-bond acceptors (Lipinski definition) is 2. The summed E-state index contributed by atoms with van der Waals surface area (Å²) in [4.78, 5) is 16.5. The van der Waals surface area contributed by atoms with Crippen LogP contribution in [0.15, 0.2) is 5.11 Å². The Bertz CT molecular complexity index is 286. The molecule has 1 heterocycles. The number of carbonyl (C=O) groups excluding carboxylic acids is 1. The molecule has 0 N–H and O–H groups in total. The van der Waals surface area contributed by atoms with Crippen LogP contribution in [0, 0.1) is 5.92 Å². The molecular weight excluding hydrogens is 192 g/mol. The van der Waals surface area contributed by atoms with Crippen LogP contribution in [0.2, 0.25) is 0 Å². The van der Waals surface area contributed by atoms with E-state index in [1.54, 1.807) is 0 Å². The van der Waals surface area contributed by atoms with Crippen molar-refractivity contribution in [2.75, 3.05) is 13.1 Å². The number of carbonyl (C=O) groups is 1. The standard InChI is InChI=1S/C10H16N4O/c11-13-12-9-3-5-14(6-4-9)10(15)7-8-1-2-8/h8-9H,1-7H2. The van der Waals surface area contributed by atoms with Crippen LogP contribution in [0.3, 0.4) is 0 Å². The van der Waals surface area contributed by atoms with Crippen molar-refractivity contribution in [3.05, 3.63) is 10.4 Å². The molecule has 0 aromatic rings. The summed E-state index contributed by atoms with van der Waals surface area (Å²) in [6, 6.07) is 0.0972. The highest BCUT2D eigenvalue weighted by Gasteiger charge is 2.28. The SMILES string of the molecule is [N-]=[N+]=NC1CCN(C(=O)CC2CC2)CC1. The van der Waals surface area contributed by atoms with E-state index in [4.69, 9.17) is 5.53 Å². The highest BCUT2D eigenvalue weighted by Crippen LogP contribution is 2.33. The summed E-state index contributed by atoms with van der Waals surface area (Å²) in [7, 11) is 0. The van der Waals surface area contributed by atoms with Gasteiger partial charge < -0.3 is 4.90 Å². The Balaban J connectivity index is 1.76. The Labute approximate surface area is 89.1 Å². The summed E-state index contributed by atoms with van der Waals surface area (Å²) in [5.74, 6) is 0.948. The molecule has 1 saturated carbocycles. The largest absolute Gasteiger partial charge is 0.343 e. The second-order valence-corrected chi connectivity index (χ2v) is 4.46. The average Bonchev–Trinajstić information content (AvgIpc) is 3.03. The van der Waals surface area contributed by atoms with Gasteiger partial charge in [-0.1, -0.05) is 5.11 Å². The minimum absolute atomic E-state index is 0.0972. The van der Waals surface area contributed by atoms with E-state index in [2.05, 4.69) is 10.0 Å². The van der Waals surface area contributed by atoms with Crippen LogP contribution in [0.1, 0.15) is 32.1 Å². The predicted molar refractivity (Wildman–Crippen MR) is 56.1 cm³/mol. The summed E-state index contributed by atoms with van der Waals surface area (Å²) in [5.41, 5.74) is 8.30. The molecule has 5 nitrogen and oxygen atoms in total. The molecule has 2 fully saturated rings. The van der Waals surface area contributed by atoms with E-state index in [1.165, 1.54) is 12.8 Å². The van der Waals surface area contributed by atoms with Crippen molar-refractivity contribution in [3.8, 4) is 0 Å². The van der Waals surface area contributed by atoms with Gasteiger partial charge in [-0.25, -0.2) is 0 Å². The molecule has 5 heteroatoms. The zero-order valence-electron chi connectivity index (χ0n) is 8.80. The van der Waals surface area contributed by atoms with Gasteiger partial charge in [0, 0.05) is 30.5 Å². The maximum atomic E-state index is 11.7. The molecule has 0 unspecified atom stereocenters. The number of nitrogens with zero attached hydrogens (tertiary/aromatic N) is 4. The molecule has 15 heavy (non-hydrogen) atoms. The maximum Gasteiger partial charge on any atom is 0.222 e. The fraction of sp³-hybridized carbons (Fsp3) is 0.900. The molecule has 0 atom stereocenters. The van der Waals surface area contributed by atoms with E-state index in [1.807, 2.05) is 4.90 Å². The van der Waals surface area contributed by atoms with Crippen molar-refractivity contribution in [2.45, 2.75) is 38.1 Å². The van der Waals surface area contributed by atoms with E-state index in [0.29, 0.717) is 5.92 Å². The summed E-state index contributed by atoms with van der Waals surface area (Å²) >= 11 is 0. The molecule has 82 valence electrons. The van der Waals surface area contributed by atoms with E-state index < -0.39 is 0 Å². The second-order valence-electron chi connectivity index (χ2n) is 4.46. The third kappa shape index (κ3) is 2.86. The van der Waals surface area contributed by atoms with Crippen molar-refractivity contribution in [2.24, 2.45) is 11.0 Å². The molecule has 0 spiro atoms. The van der Waals surface area contributed by atoms with Crippen LogP contribution in [0.25, 0.3) is 10.4 Å². The minimum Gasteiger partial charge on any atom is -0.343 e. The van der Waals surface area contributed by atoms with Gasteiger partial charge in [0.2, 0.25) is 5.91 Å². The third-order valence-electron chi connectivity index (χ3n) is 3.19. The molecule has 1 saturated heterocycles. The third-order valence-corrected chi connectivity index (χ3v) is 3.19. The van der Waals surface area contributed by atoms with Gasteiger partial charge in [-0.15, -0.1) is 0 Å². The zero-order chi connectivity index (χ0) is 10.7. The molecular formula is C10H16N4O. The normalized spacial score (nSPS) is 22.3. The highest BCUT2D eigenvalue weighted by atomic mass is 16.2. The molecule has 2 rings (SSSR count). The monoisotopic (exact) mass is 208 g/mol. The Kier molecular flexibility index (Phi) is 3.11. The van der Waals surface area contributed by atoms with Crippen molar-refractivity contribution >= 4 is 5.91 Å². The van der Waals surface area contributed by atoms with Crippen LogP contribution in [-0.2, 0) is 4.79 Å². The number of azide groups is 1.